The fraction of sp³-hybridized carbons (Fsp3) is 1.00. The van der Waals surface area contributed by atoms with Gasteiger partial charge in [0.05, 0.1) is 0 Å². The first-order valence-electron chi connectivity index (χ1n) is 6.32. The molecule has 90 valence electrons. The van der Waals surface area contributed by atoms with Crippen molar-refractivity contribution in [3.05, 3.63) is 0 Å². The van der Waals surface area contributed by atoms with Crippen molar-refractivity contribution in [3.63, 3.8) is 0 Å². The van der Waals surface area contributed by atoms with E-state index in [1.165, 1.54) is 25.8 Å². The molecule has 1 aliphatic heterocycles. The first-order chi connectivity index (χ1) is 7.26. The number of rotatable bonds is 7. The molecule has 0 aromatic rings. The summed E-state index contributed by atoms with van der Waals surface area (Å²) in [5, 5.41) is 12.6. The summed E-state index contributed by atoms with van der Waals surface area (Å²) < 4.78 is 0. The zero-order valence-corrected chi connectivity index (χ0v) is 10.2. The largest absolute Gasteiger partial charge is 0.396 e. The van der Waals surface area contributed by atoms with Crippen LogP contribution < -0.4 is 5.32 Å². The molecule has 0 spiro atoms. The van der Waals surface area contributed by atoms with Crippen LogP contribution in [0.1, 0.15) is 33.1 Å². The average molecular weight is 214 g/mol. The SMILES string of the molecule is CCCN(CC(C)CO)CC1CCCN1. The van der Waals surface area contributed by atoms with Crippen molar-refractivity contribution in [1.82, 2.24) is 10.2 Å². The quantitative estimate of drug-likeness (QED) is 0.665. The Bertz CT molecular complexity index is 158. The standard InChI is InChI=1S/C12H26N2O/c1-3-7-14(8-11(2)10-15)9-12-5-4-6-13-12/h11-13,15H,3-10H2,1-2H3. The molecule has 0 radical (unpaired) electrons. The molecule has 2 unspecified atom stereocenters. The zero-order valence-electron chi connectivity index (χ0n) is 10.2. The third kappa shape index (κ3) is 4.96. The van der Waals surface area contributed by atoms with Crippen LogP contribution in [0.15, 0.2) is 0 Å². The Kier molecular flexibility index (Phi) is 6.22. The van der Waals surface area contributed by atoms with Gasteiger partial charge in [0.1, 0.15) is 0 Å². The van der Waals surface area contributed by atoms with Gasteiger partial charge in [-0.2, -0.15) is 0 Å². The first-order valence-corrected chi connectivity index (χ1v) is 6.32. The molecular weight excluding hydrogens is 188 g/mol. The second-order valence-corrected chi connectivity index (χ2v) is 4.84. The van der Waals surface area contributed by atoms with E-state index in [1.807, 2.05) is 0 Å². The lowest BCUT2D eigenvalue weighted by molar-refractivity contribution is 0.165. The van der Waals surface area contributed by atoms with E-state index in [2.05, 4.69) is 24.1 Å². The minimum atomic E-state index is 0.304. The highest BCUT2D eigenvalue weighted by Crippen LogP contribution is 2.09. The number of aliphatic hydroxyl groups excluding tert-OH is 1. The van der Waals surface area contributed by atoms with Crippen LogP contribution in [0.2, 0.25) is 0 Å². The number of hydrogen-bond acceptors (Lipinski definition) is 3. The van der Waals surface area contributed by atoms with Crippen molar-refractivity contribution < 1.29 is 5.11 Å². The Morgan fingerprint density at radius 2 is 2.33 bits per heavy atom. The van der Waals surface area contributed by atoms with Crippen molar-refractivity contribution in [3.8, 4) is 0 Å². The number of aliphatic hydroxyl groups is 1. The summed E-state index contributed by atoms with van der Waals surface area (Å²) in [7, 11) is 0. The van der Waals surface area contributed by atoms with Gasteiger partial charge >= 0.3 is 0 Å². The molecule has 0 bridgehead atoms. The Balaban J connectivity index is 2.28. The van der Waals surface area contributed by atoms with Gasteiger partial charge in [-0.1, -0.05) is 13.8 Å². The highest BCUT2D eigenvalue weighted by atomic mass is 16.3. The van der Waals surface area contributed by atoms with Crippen molar-refractivity contribution in [1.29, 1.82) is 0 Å². The van der Waals surface area contributed by atoms with E-state index < -0.39 is 0 Å². The normalized spacial score (nSPS) is 23.6. The molecule has 1 aliphatic rings. The second kappa shape index (κ2) is 7.20. The third-order valence-electron chi connectivity index (χ3n) is 3.06. The lowest BCUT2D eigenvalue weighted by Crippen LogP contribution is -2.40. The van der Waals surface area contributed by atoms with E-state index in [0.29, 0.717) is 18.6 Å². The minimum Gasteiger partial charge on any atom is -0.396 e. The Hall–Kier alpha value is -0.120. The van der Waals surface area contributed by atoms with Crippen LogP contribution in [0.4, 0.5) is 0 Å². The van der Waals surface area contributed by atoms with E-state index in [-0.39, 0.29) is 0 Å². The van der Waals surface area contributed by atoms with Gasteiger partial charge in [0, 0.05) is 25.7 Å². The second-order valence-electron chi connectivity index (χ2n) is 4.84. The topological polar surface area (TPSA) is 35.5 Å². The number of nitrogens with one attached hydrogen (secondary N) is 1. The highest BCUT2D eigenvalue weighted by Gasteiger charge is 2.18. The summed E-state index contributed by atoms with van der Waals surface area (Å²) in [6, 6.07) is 0.683. The van der Waals surface area contributed by atoms with Gasteiger partial charge in [0.25, 0.3) is 0 Å². The molecule has 0 aromatic carbocycles. The Morgan fingerprint density at radius 1 is 1.53 bits per heavy atom. The predicted molar refractivity (Wildman–Crippen MR) is 64.0 cm³/mol. The van der Waals surface area contributed by atoms with Gasteiger partial charge in [0.15, 0.2) is 0 Å². The molecule has 15 heavy (non-hydrogen) atoms. The van der Waals surface area contributed by atoms with E-state index in [1.54, 1.807) is 0 Å². The molecule has 2 atom stereocenters. The van der Waals surface area contributed by atoms with Gasteiger partial charge < -0.3 is 15.3 Å². The van der Waals surface area contributed by atoms with Crippen LogP contribution >= 0.6 is 0 Å². The molecule has 1 fully saturated rings. The summed E-state index contributed by atoms with van der Waals surface area (Å²) in [4.78, 5) is 2.49. The summed E-state index contributed by atoms with van der Waals surface area (Å²) in [6.07, 6.45) is 3.83. The summed E-state index contributed by atoms with van der Waals surface area (Å²) >= 11 is 0. The van der Waals surface area contributed by atoms with Gasteiger partial charge in [-0.3, -0.25) is 0 Å². The summed E-state index contributed by atoms with van der Waals surface area (Å²) in [5.74, 6) is 0.401. The molecule has 2 N–H and O–H groups in total. The molecule has 3 nitrogen and oxygen atoms in total. The molecule has 1 rings (SSSR count). The van der Waals surface area contributed by atoms with Gasteiger partial charge in [-0.15, -0.1) is 0 Å². The van der Waals surface area contributed by atoms with E-state index >= 15 is 0 Å². The maximum atomic E-state index is 9.07. The van der Waals surface area contributed by atoms with Crippen molar-refractivity contribution >= 4 is 0 Å². The molecular formula is C12H26N2O. The molecule has 0 saturated carbocycles. The molecule has 0 aromatic heterocycles. The van der Waals surface area contributed by atoms with Crippen molar-refractivity contribution in [2.45, 2.75) is 39.2 Å². The van der Waals surface area contributed by atoms with Crippen LogP contribution in [0.3, 0.4) is 0 Å². The lowest BCUT2D eigenvalue weighted by atomic mass is 10.1. The zero-order chi connectivity index (χ0) is 11.1. The Morgan fingerprint density at radius 3 is 2.87 bits per heavy atom. The molecule has 3 heteroatoms. The van der Waals surface area contributed by atoms with Gasteiger partial charge in [0.2, 0.25) is 0 Å². The predicted octanol–water partition coefficient (Wildman–Crippen LogP) is 1.08. The summed E-state index contributed by atoms with van der Waals surface area (Å²) in [6.45, 7) is 9.16. The average Bonchev–Trinajstić information content (AvgIpc) is 2.70. The van der Waals surface area contributed by atoms with Crippen molar-refractivity contribution in [2.24, 2.45) is 5.92 Å². The summed E-state index contributed by atoms with van der Waals surface area (Å²) in [5.41, 5.74) is 0. The third-order valence-corrected chi connectivity index (χ3v) is 3.06. The maximum absolute atomic E-state index is 9.07. The van der Waals surface area contributed by atoms with Crippen molar-refractivity contribution in [2.75, 3.05) is 32.8 Å². The van der Waals surface area contributed by atoms with Crippen LogP contribution in [-0.4, -0.2) is 48.8 Å². The Labute approximate surface area is 93.9 Å². The smallest absolute Gasteiger partial charge is 0.0468 e. The number of nitrogens with zero attached hydrogens (tertiary/aromatic N) is 1. The molecule has 1 heterocycles. The first kappa shape index (κ1) is 12.9. The van der Waals surface area contributed by atoms with Crippen LogP contribution in [0, 0.1) is 5.92 Å². The van der Waals surface area contributed by atoms with E-state index in [0.717, 1.165) is 19.6 Å². The van der Waals surface area contributed by atoms with Gasteiger partial charge in [-0.05, 0) is 38.3 Å². The molecule has 1 saturated heterocycles. The molecule has 0 aliphatic carbocycles. The molecule has 0 amide bonds. The van der Waals surface area contributed by atoms with Crippen LogP contribution in [0.25, 0.3) is 0 Å². The fourth-order valence-corrected chi connectivity index (χ4v) is 2.30. The van der Waals surface area contributed by atoms with Crippen LogP contribution in [-0.2, 0) is 0 Å². The lowest BCUT2D eigenvalue weighted by Gasteiger charge is -2.27. The fourth-order valence-electron chi connectivity index (χ4n) is 2.30. The highest BCUT2D eigenvalue weighted by molar-refractivity contribution is 4.78. The number of hydrogen-bond donors (Lipinski definition) is 2. The van der Waals surface area contributed by atoms with Gasteiger partial charge in [-0.25, -0.2) is 0 Å². The minimum absolute atomic E-state index is 0.304. The van der Waals surface area contributed by atoms with E-state index in [9.17, 15) is 0 Å². The van der Waals surface area contributed by atoms with Crippen LogP contribution in [0.5, 0.6) is 0 Å². The van der Waals surface area contributed by atoms with E-state index in [4.69, 9.17) is 5.11 Å². The monoisotopic (exact) mass is 214 g/mol. The maximum Gasteiger partial charge on any atom is 0.0468 e.